The molecule has 0 aliphatic heterocycles. The lowest BCUT2D eigenvalue weighted by Crippen LogP contribution is -1.96. The maximum Gasteiger partial charge on any atom is 0.336 e. The van der Waals surface area contributed by atoms with E-state index < -0.39 is 5.97 Å². The van der Waals surface area contributed by atoms with Crippen LogP contribution in [-0.4, -0.2) is 11.1 Å². The molecule has 0 fully saturated rings. The Balaban J connectivity index is 0.000000181. The number of hydrogen-bond donors (Lipinski definition) is 3. The molecule has 4 heteroatoms. The van der Waals surface area contributed by atoms with E-state index in [0.717, 1.165) is 4.90 Å². The minimum Gasteiger partial charge on any atom is -0.478 e. The van der Waals surface area contributed by atoms with E-state index >= 15 is 0 Å². The van der Waals surface area contributed by atoms with Crippen LogP contribution in [0.3, 0.4) is 0 Å². The van der Waals surface area contributed by atoms with Crippen LogP contribution in [0.25, 0.3) is 0 Å². The van der Waals surface area contributed by atoms with Crippen molar-refractivity contribution in [3.05, 3.63) is 60.2 Å². The zero-order valence-corrected chi connectivity index (χ0v) is 10.7. The lowest BCUT2D eigenvalue weighted by atomic mass is 10.2. The van der Waals surface area contributed by atoms with Gasteiger partial charge in [-0.1, -0.05) is 30.3 Å². The largest absolute Gasteiger partial charge is 0.478 e. The molecule has 0 aromatic heterocycles. The zero-order chi connectivity index (χ0) is 12.7. The van der Waals surface area contributed by atoms with E-state index in [-0.39, 0.29) is 5.56 Å². The van der Waals surface area contributed by atoms with Crippen LogP contribution in [0.1, 0.15) is 10.4 Å². The molecule has 0 aliphatic carbocycles. The average Bonchev–Trinajstić information content (AvgIpc) is 2.31. The van der Waals surface area contributed by atoms with Gasteiger partial charge in [-0.05, 0) is 24.3 Å². The first-order valence-corrected chi connectivity index (χ1v) is 5.76. The number of rotatable bonds is 1. The van der Waals surface area contributed by atoms with E-state index in [0.29, 0.717) is 4.90 Å². The topological polar surface area (TPSA) is 37.3 Å². The van der Waals surface area contributed by atoms with E-state index in [9.17, 15) is 4.79 Å². The first kappa shape index (κ1) is 13.7. The van der Waals surface area contributed by atoms with Gasteiger partial charge in [0.15, 0.2) is 0 Å². The normalized spacial score (nSPS) is 9.06. The van der Waals surface area contributed by atoms with Gasteiger partial charge in [0.1, 0.15) is 0 Å². The summed E-state index contributed by atoms with van der Waals surface area (Å²) >= 11 is 8.04. The quantitative estimate of drug-likeness (QED) is 0.688. The van der Waals surface area contributed by atoms with Crippen LogP contribution in [0.15, 0.2) is 64.4 Å². The van der Waals surface area contributed by atoms with Gasteiger partial charge in [0.05, 0.1) is 5.56 Å². The Labute approximate surface area is 111 Å². The van der Waals surface area contributed by atoms with Crippen LogP contribution in [0.4, 0.5) is 0 Å². The maximum absolute atomic E-state index is 10.4. The van der Waals surface area contributed by atoms with Crippen molar-refractivity contribution in [1.29, 1.82) is 0 Å². The van der Waals surface area contributed by atoms with E-state index in [2.05, 4.69) is 25.3 Å². The van der Waals surface area contributed by atoms with Gasteiger partial charge >= 0.3 is 5.97 Å². The van der Waals surface area contributed by atoms with Crippen molar-refractivity contribution < 1.29 is 9.90 Å². The molecular formula is C13H12O2S2. The van der Waals surface area contributed by atoms with Gasteiger partial charge in [-0.3, -0.25) is 0 Å². The first-order valence-electron chi connectivity index (χ1n) is 4.86. The van der Waals surface area contributed by atoms with Crippen molar-refractivity contribution >= 4 is 31.2 Å². The lowest BCUT2D eigenvalue weighted by Gasteiger charge is -1.95. The van der Waals surface area contributed by atoms with Gasteiger partial charge in [0, 0.05) is 9.79 Å². The summed E-state index contributed by atoms with van der Waals surface area (Å²) in [6, 6.07) is 16.4. The second-order valence-electron chi connectivity index (χ2n) is 3.16. The third-order valence-electron chi connectivity index (χ3n) is 1.89. The SMILES string of the molecule is O=C(O)c1ccccc1S.Sc1ccccc1. The molecule has 0 radical (unpaired) electrons. The third-order valence-corrected chi connectivity index (χ3v) is 2.58. The minimum absolute atomic E-state index is 0.242. The number of hydrogen-bond acceptors (Lipinski definition) is 3. The van der Waals surface area contributed by atoms with Crippen LogP contribution in [0, 0.1) is 0 Å². The second-order valence-corrected chi connectivity index (χ2v) is 4.16. The van der Waals surface area contributed by atoms with Crippen LogP contribution >= 0.6 is 25.3 Å². The molecule has 0 aliphatic rings. The molecule has 0 atom stereocenters. The van der Waals surface area contributed by atoms with E-state index in [1.54, 1.807) is 18.2 Å². The molecule has 0 bridgehead atoms. The van der Waals surface area contributed by atoms with Gasteiger partial charge in [-0.15, -0.1) is 25.3 Å². The van der Waals surface area contributed by atoms with Crippen LogP contribution < -0.4 is 0 Å². The van der Waals surface area contributed by atoms with Crippen molar-refractivity contribution in [1.82, 2.24) is 0 Å². The molecule has 0 spiro atoms. The van der Waals surface area contributed by atoms with Gasteiger partial charge < -0.3 is 5.11 Å². The van der Waals surface area contributed by atoms with Crippen LogP contribution in [-0.2, 0) is 0 Å². The fraction of sp³-hybridized carbons (Fsp3) is 0. The van der Waals surface area contributed by atoms with Crippen molar-refractivity contribution in [3.8, 4) is 0 Å². The smallest absolute Gasteiger partial charge is 0.336 e. The second kappa shape index (κ2) is 7.04. The molecule has 2 rings (SSSR count). The van der Waals surface area contributed by atoms with Crippen molar-refractivity contribution in [2.24, 2.45) is 0 Å². The molecule has 0 amide bonds. The number of benzene rings is 2. The monoisotopic (exact) mass is 264 g/mol. The summed E-state index contributed by atoms with van der Waals surface area (Å²) in [6.45, 7) is 0. The number of thiol groups is 2. The highest BCUT2D eigenvalue weighted by atomic mass is 32.1. The van der Waals surface area contributed by atoms with Crippen LogP contribution in [0.2, 0.25) is 0 Å². The van der Waals surface area contributed by atoms with Crippen LogP contribution in [0.5, 0.6) is 0 Å². The highest BCUT2D eigenvalue weighted by Gasteiger charge is 2.03. The predicted molar refractivity (Wildman–Crippen MR) is 74.3 cm³/mol. The predicted octanol–water partition coefficient (Wildman–Crippen LogP) is 3.65. The zero-order valence-electron chi connectivity index (χ0n) is 8.95. The third kappa shape index (κ3) is 4.97. The molecule has 0 saturated heterocycles. The van der Waals surface area contributed by atoms with Gasteiger partial charge in [0.25, 0.3) is 0 Å². The highest BCUT2D eigenvalue weighted by Crippen LogP contribution is 2.11. The molecule has 88 valence electrons. The molecule has 1 N–H and O–H groups in total. The molecule has 0 unspecified atom stereocenters. The van der Waals surface area contributed by atoms with E-state index in [4.69, 9.17) is 5.11 Å². The van der Waals surface area contributed by atoms with E-state index in [1.165, 1.54) is 6.07 Å². The Morgan fingerprint density at radius 2 is 1.41 bits per heavy atom. The molecule has 0 heterocycles. The van der Waals surface area contributed by atoms with Crippen molar-refractivity contribution in [2.45, 2.75) is 9.79 Å². The summed E-state index contributed by atoms with van der Waals surface area (Å²) in [6.07, 6.45) is 0. The summed E-state index contributed by atoms with van der Waals surface area (Å²) in [4.78, 5) is 11.9. The average molecular weight is 264 g/mol. The Hall–Kier alpha value is -1.39. The van der Waals surface area contributed by atoms with Gasteiger partial charge in [-0.2, -0.15) is 0 Å². The lowest BCUT2D eigenvalue weighted by molar-refractivity contribution is 0.0693. The molecule has 2 nitrogen and oxygen atoms in total. The molecular weight excluding hydrogens is 252 g/mol. The summed E-state index contributed by atoms with van der Waals surface area (Å²) < 4.78 is 0. The van der Waals surface area contributed by atoms with Crippen molar-refractivity contribution in [3.63, 3.8) is 0 Å². The fourth-order valence-corrected chi connectivity index (χ4v) is 1.51. The van der Waals surface area contributed by atoms with Crippen molar-refractivity contribution in [2.75, 3.05) is 0 Å². The number of aromatic carboxylic acids is 1. The molecule has 2 aromatic carbocycles. The summed E-state index contributed by atoms with van der Waals surface area (Å²) in [5.41, 5.74) is 0.242. The Kier molecular flexibility index (Phi) is 5.66. The Morgan fingerprint density at radius 3 is 1.76 bits per heavy atom. The first-order chi connectivity index (χ1) is 8.11. The van der Waals surface area contributed by atoms with E-state index in [1.807, 2.05) is 30.3 Å². The Morgan fingerprint density at radius 1 is 0.882 bits per heavy atom. The standard InChI is InChI=1S/C7H6O2S.C6H6S/c8-7(9)5-3-1-2-4-6(5)10;7-6-4-2-1-3-5-6/h1-4,10H,(H,8,9);1-5,7H. The molecule has 0 saturated carbocycles. The van der Waals surface area contributed by atoms with Gasteiger partial charge in [0.2, 0.25) is 0 Å². The fourth-order valence-electron chi connectivity index (χ4n) is 1.08. The minimum atomic E-state index is -0.939. The summed E-state index contributed by atoms with van der Waals surface area (Å²) in [7, 11) is 0. The number of carbonyl (C=O) groups is 1. The molecule has 2 aromatic rings. The molecule has 17 heavy (non-hydrogen) atoms. The number of carboxylic acid groups (broad SMARTS) is 1. The highest BCUT2D eigenvalue weighted by molar-refractivity contribution is 7.80. The Bertz CT molecular complexity index is 484. The maximum atomic E-state index is 10.4. The number of carboxylic acids is 1. The summed E-state index contributed by atoms with van der Waals surface area (Å²) in [5, 5.41) is 8.52. The van der Waals surface area contributed by atoms with Gasteiger partial charge in [-0.25, -0.2) is 4.79 Å². The summed E-state index contributed by atoms with van der Waals surface area (Å²) in [5.74, 6) is -0.939.